The van der Waals surface area contributed by atoms with Crippen molar-refractivity contribution in [3.8, 4) is 11.5 Å². The van der Waals surface area contributed by atoms with E-state index in [2.05, 4.69) is 30.4 Å². The Kier molecular flexibility index (Phi) is 12.0. The molecule has 286 valence electrons. The lowest BCUT2D eigenvalue weighted by Gasteiger charge is -2.21. The molecule has 1 aliphatic carbocycles. The van der Waals surface area contributed by atoms with Crippen LogP contribution in [-0.2, 0) is 37.9 Å². The molecule has 1 aliphatic heterocycles. The van der Waals surface area contributed by atoms with E-state index in [-0.39, 0.29) is 59.9 Å². The number of sulfonamides is 1. The van der Waals surface area contributed by atoms with E-state index in [0.717, 1.165) is 36.3 Å². The second-order valence-electron chi connectivity index (χ2n) is 14.9. The zero-order chi connectivity index (χ0) is 38.6. The quantitative estimate of drug-likeness (QED) is 0.0538. The van der Waals surface area contributed by atoms with E-state index in [1.807, 2.05) is 60.7 Å². The van der Waals surface area contributed by atoms with Crippen LogP contribution in [0.3, 0.4) is 0 Å². The van der Waals surface area contributed by atoms with Gasteiger partial charge in [-0.25, -0.2) is 17.9 Å². The van der Waals surface area contributed by atoms with Gasteiger partial charge in [-0.2, -0.15) is 0 Å². The highest BCUT2D eigenvalue weighted by molar-refractivity contribution is 7.89. The first-order valence-corrected chi connectivity index (χ1v) is 20.0. The number of halogens is 1. The van der Waals surface area contributed by atoms with Gasteiger partial charge >= 0.3 is 5.97 Å². The summed E-state index contributed by atoms with van der Waals surface area (Å²) in [5.41, 5.74) is 3.47. The molecule has 0 radical (unpaired) electrons. The molecule has 0 bridgehead atoms. The van der Waals surface area contributed by atoms with Crippen molar-refractivity contribution in [2.75, 3.05) is 32.8 Å². The summed E-state index contributed by atoms with van der Waals surface area (Å²) in [4.78, 5) is 26.3. The predicted molar refractivity (Wildman–Crippen MR) is 207 cm³/mol. The summed E-state index contributed by atoms with van der Waals surface area (Å²) in [5.74, 6) is 1.01. The minimum atomic E-state index is -4.00. The molecule has 1 heterocycles. The minimum absolute atomic E-state index is 0.0110. The van der Waals surface area contributed by atoms with Crippen LogP contribution in [0.2, 0.25) is 5.02 Å². The van der Waals surface area contributed by atoms with Gasteiger partial charge in [0.15, 0.2) is 6.10 Å². The maximum Gasteiger partial charge on any atom is 0.347 e. The lowest BCUT2D eigenvalue weighted by Crippen LogP contribution is -2.31. The molecule has 1 saturated carbocycles. The Morgan fingerprint density at radius 2 is 1.57 bits per heavy atom. The van der Waals surface area contributed by atoms with E-state index in [1.54, 1.807) is 19.1 Å². The van der Waals surface area contributed by atoms with E-state index in [9.17, 15) is 23.3 Å². The smallest absolute Gasteiger partial charge is 0.347 e. The third-order valence-electron chi connectivity index (χ3n) is 10.00. The van der Waals surface area contributed by atoms with Gasteiger partial charge in [-0.15, -0.1) is 0 Å². The van der Waals surface area contributed by atoms with Crippen LogP contribution in [0.25, 0.3) is 0 Å². The van der Waals surface area contributed by atoms with Crippen molar-refractivity contribution in [1.29, 1.82) is 0 Å². The van der Waals surface area contributed by atoms with Crippen LogP contribution < -0.4 is 14.2 Å². The fourth-order valence-corrected chi connectivity index (χ4v) is 8.56. The molecule has 2 fully saturated rings. The van der Waals surface area contributed by atoms with Gasteiger partial charge in [0, 0.05) is 49.8 Å². The molecule has 0 aromatic heterocycles. The molecule has 0 spiro atoms. The van der Waals surface area contributed by atoms with E-state index in [4.69, 9.17) is 25.8 Å². The summed E-state index contributed by atoms with van der Waals surface area (Å²) in [6.07, 6.45) is -0.569. The number of nitrogens with one attached hydrogen (secondary N) is 1. The molecular weight excluding hydrogens is 730 g/mol. The fraction of sp³-hybridized carbons (Fsp3) is 0.390. The number of carbonyl (C=O) groups excluding carboxylic acids is 1. The van der Waals surface area contributed by atoms with Crippen LogP contribution in [-0.4, -0.2) is 63.2 Å². The number of nitro benzene ring substituents is 1. The topological polar surface area (TPSA) is 137 Å². The number of nitrogens with zero attached hydrogens (tertiary/aromatic N) is 2. The van der Waals surface area contributed by atoms with Gasteiger partial charge in [0.25, 0.3) is 5.69 Å². The van der Waals surface area contributed by atoms with Crippen molar-refractivity contribution < 1.29 is 32.3 Å². The van der Waals surface area contributed by atoms with Crippen LogP contribution in [0.15, 0.2) is 95.9 Å². The van der Waals surface area contributed by atoms with Gasteiger partial charge in [-0.3, -0.25) is 15.0 Å². The third-order valence-corrected chi connectivity index (χ3v) is 11.8. The van der Waals surface area contributed by atoms with E-state index in [0.29, 0.717) is 22.1 Å². The molecule has 13 heteroatoms. The van der Waals surface area contributed by atoms with Crippen LogP contribution in [0, 0.1) is 22.0 Å². The first kappa shape index (κ1) is 39.2. The molecule has 1 N–H and O–H groups in total. The summed E-state index contributed by atoms with van der Waals surface area (Å²) in [6.45, 7) is 10.7. The molecule has 11 nitrogen and oxygen atoms in total. The summed E-state index contributed by atoms with van der Waals surface area (Å²) < 4.78 is 46.9. The number of hydrogen-bond donors (Lipinski definition) is 1. The van der Waals surface area contributed by atoms with Crippen LogP contribution in [0.1, 0.15) is 55.9 Å². The predicted octanol–water partition coefficient (Wildman–Crippen LogP) is 7.30. The van der Waals surface area contributed by atoms with Gasteiger partial charge in [-0.05, 0) is 94.8 Å². The number of rotatable bonds is 16. The van der Waals surface area contributed by atoms with Crippen LogP contribution in [0.4, 0.5) is 5.69 Å². The van der Waals surface area contributed by atoms with Gasteiger partial charge in [0.1, 0.15) is 18.1 Å². The zero-order valence-corrected chi connectivity index (χ0v) is 32.4. The lowest BCUT2D eigenvalue weighted by molar-refractivity contribution is -0.385. The Hall–Kier alpha value is -4.49. The summed E-state index contributed by atoms with van der Waals surface area (Å²) in [7, 11) is -4.00. The number of nitro groups is 1. The third kappa shape index (κ3) is 9.59. The van der Waals surface area contributed by atoms with Gasteiger partial charge < -0.3 is 14.2 Å². The average Bonchev–Trinajstić information content (AvgIpc) is 3.64. The molecule has 4 aromatic rings. The number of fused-ring (bicyclic) bond motifs is 1. The number of likely N-dealkylation sites (tertiary alicyclic amines) is 1. The van der Waals surface area contributed by atoms with Gasteiger partial charge in [-0.1, -0.05) is 68.8 Å². The Morgan fingerprint density at radius 1 is 0.944 bits per heavy atom. The highest BCUT2D eigenvalue weighted by Gasteiger charge is 2.57. The molecule has 54 heavy (non-hydrogen) atoms. The standard InChI is InChI=1S/C41H46ClN3O8S/c1-5-51-40(46)37(53-33-17-10-29(11-18-33)41(2,3)4)22-27-8-15-32(16-9-27)52-21-20-43-54(49,50)38-19-14-31(45(47)48)23-34(38)39-35-25-44(26-36(35)39)24-28-6-12-30(42)13-7-28/h6-19,23,35-37,39,43H,5,20-22,24-26H2,1-4H3/t35-,36?,37-,39+/m1/s1. The Balaban J connectivity index is 1.03. The lowest BCUT2D eigenvalue weighted by atomic mass is 9.87. The molecule has 4 aromatic carbocycles. The van der Waals surface area contributed by atoms with Gasteiger partial charge in [0.05, 0.1) is 16.4 Å². The number of esters is 1. The normalized spacial score (nSPS) is 18.8. The van der Waals surface area contributed by atoms with Crippen LogP contribution in [0.5, 0.6) is 11.5 Å². The second kappa shape index (κ2) is 16.5. The highest BCUT2D eigenvalue weighted by Crippen LogP contribution is 2.59. The minimum Gasteiger partial charge on any atom is -0.492 e. The van der Waals surface area contributed by atoms with Crippen molar-refractivity contribution in [2.24, 2.45) is 11.8 Å². The first-order valence-electron chi connectivity index (χ1n) is 18.1. The molecule has 1 unspecified atom stereocenters. The highest BCUT2D eigenvalue weighted by atomic mass is 35.5. The number of hydrogen-bond acceptors (Lipinski definition) is 9. The van der Waals surface area contributed by atoms with Crippen LogP contribution >= 0.6 is 11.6 Å². The fourth-order valence-electron chi connectivity index (χ4n) is 7.17. The molecule has 2 aliphatic rings. The summed E-state index contributed by atoms with van der Waals surface area (Å²) >= 11 is 6.03. The molecule has 1 saturated heterocycles. The van der Waals surface area contributed by atoms with Crippen molar-refractivity contribution >= 4 is 33.3 Å². The Labute approximate surface area is 321 Å². The van der Waals surface area contributed by atoms with Gasteiger partial charge in [0.2, 0.25) is 10.0 Å². The number of ether oxygens (including phenoxy) is 3. The number of non-ortho nitro benzene ring substituents is 1. The zero-order valence-electron chi connectivity index (χ0n) is 30.9. The molecular formula is C41H46ClN3O8S. The number of piperidine rings is 1. The second-order valence-corrected chi connectivity index (χ2v) is 17.1. The molecule has 0 amide bonds. The first-order chi connectivity index (χ1) is 25.7. The van der Waals surface area contributed by atoms with Crippen molar-refractivity contribution in [3.05, 3.63) is 128 Å². The maximum absolute atomic E-state index is 13.6. The van der Waals surface area contributed by atoms with Crippen molar-refractivity contribution in [1.82, 2.24) is 9.62 Å². The monoisotopic (exact) mass is 775 g/mol. The Bertz CT molecular complexity index is 2040. The average molecular weight is 776 g/mol. The van der Waals surface area contributed by atoms with E-state index < -0.39 is 27.0 Å². The summed E-state index contributed by atoms with van der Waals surface area (Å²) in [6, 6.07) is 26.5. The van der Waals surface area contributed by atoms with E-state index in [1.165, 1.54) is 18.2 Å². The maximum atomic E-state index is 13.6. The molecule has 6 rings (SSSR count). The van der Waals surface area contributed by atoms with Crippen molar-refractivity contribution in [3.63, 3.8) is 0 Å². The number of benzene rings is 4. The number of carbonyl (C=O) groups is 1. The Morgan fingerprint density at radius 3 is 2.19 bits per heavy atom. The van der Waals surface area contributed by atoms with E-state index >= 15 is 0 Å². The SMILES string of the molecule is CCOC(=O)[C@@H](Cc1ccc(OCCNS(=O)(=O)c2ccc([N+](=O)[O-])cc2[C@@H]2C3CN(Cc4ccc(Cl)cc4)C[C@H]32)cc1)Oc1ccc(C(C)(C)C)cc1. The molecule has 4 atom stereocenters. The largest absolute Gasteiger partial charge is 0.492 e. The van der Waals surface area contributed by atoms with Crippen molar-refractivity contribution in [2.45, 2.75) is 63.0 Å². The summed E-state index contributed by atoms with van der Waals surface area (Å²) in [5, 5.41) is 12.3.